The van der Waals surface area contributed by atoms with Gasteiger partial charge in [0, 0.05) is 18.2 Å². The molecule has 2 heterocycles. The summed E-state index contributed by atoms with van der Waals surface area (Å²) in [5, 5.41) is 2.02. The molecule has 5 nitrogen and oxygen atoms in total. The first kappa shape index (κ1) is 15.1. The lowest BCUT2D eigenvalue weighted by Gasteiger charge is -2.36. The molecule has 120 valence electrons. The van der Waals surface area contributed by atoms with Gasteiger partial charge in [0.25, 0.3) is 0 Å². The van der Waals surface area contributed by atoms with E-state index in [1.54, 1.807) is 6.20 Å². The van der Waals surface area contributed by atoms with E-state index in [1.165, 1.54) is 12.1 Å². The van der Waals surface area contributed by atoms with Crippen LogP contribution in [0, 0.1) is 5.82 Å². The summed E-state index contributed by atoms with van der Waals surface area (Å²) in [5.41, 5.74) is 11.6. The van der Waals surface area contributed by atoms with Crippen LogP contribution in [0.3, 0.4) is 0 Å². The minimum absolute atomic E-state index is 0.184. The molecule has 0 atom stereocenters. The van der Waals surface area contributed by atoms with E-state index in [-0.39, 0.29) is 11.2 Å². The van der Waals surface area contributed by atoms with Gasteiger partial charge in [-0.25, -0.2) is 9.37 Å². The van der Waals surface area contributed by atoms with Gasteiger partial charge >= 0.3 is 0 Å². The number of nitrogens with zero attached hydrogens (tertiary/aromatic N) is 2. The number of hydrogen-bond acceptors (Lipinski definition) is 4. The van der Waals surface area contributed by atoms with Crippen LogP contribution < -0.4 is 11.2 Å². The van der Waals surface area contributed by atoms with Crippen LogP contribution in [0.15, 0.2) is 48.8 Å². The fourth-order valence-electron chi connectivity index (χ4n) is 2.65. The SMILES string of the molecule is CC(C)(CN1NC=CC=C1c1cnc(N)[nH]1)c1ccc(F)cc1. The van der Waals surface area contributed by atoms with Gasteiger partial charge in [-0.2, -0.15) is 0 Å². The Morgan fingerprint density at radius 2 is 2.00 bits per heavy atom. The fourth-order valence-corrected chi connectivity index (χ4v) is 2.65. The third kappa shape index (κ3) is 3.21. The number of rotatable bonds is 4. The van der Waals surface area contributed by atoms with Crippen molar-refractivity contribution in [2.24, 2.45) is 0 Å². The summed E-state index contributed by atoms with van der Waals surface area (Å²) in [6.07, 6.45) is 7.49. The molecule has 6 heteroatoms. The molecule has 2 aromatic rings. The zero-order valence-electron chi connectivity index (χ0n) is 13.2. The number of nitrogen functional groups attached to an aromatic ring is 1. The van der Waals surface area contributed by atoms with Crippen molar-refractivity contribution in [1.29, 1.82) is 0 Å². The van der Waals surface area contributed by atoms with E-state index in [0.717, 1.165) is 17.0 Å². The monoisotopic (exact) mass is 313 g/mol. The number of aromatic nitrogens is 2. The van der Waals surface area contributed by atoms with Gasteiger partial charge in [-0.3, -0.25) is 5.01 Å². The van der Waals surface area contributed by atoms with Crippen LogP contribution in [0.2, 0.25) is 0 Å². The van der Waals surface area contributed by atoms with E-state index in [2.05, 4.69) is 29.2 Å². The highest BCUT2D eigenvalue weighted by Crippen LogP contribution is 2.28. The molecule has 23 heavy (non-hydrogen) atoms. The smallest absolute Gasteiger partial charge is 0.197 e. The molecular weight excluding hydrogens is 293 g/mol. The molecule has 0 aliphatic carbocycles. The largest absolute Gasteiger partial charge is 0.369 e. The molecular formula is C17H20FN5. The van der Waals surface area contributed by atoms with Crippen molar-refractivity contribution in [1.82, 2.24) is 20.4 Å². The standard InChI is InChI=1S/C17H20FN5/c1-17(2,12-5-7-13(18)8-6-12)11-23-15(4-3-9-21-23)14-10-20-16(19)22-14/h3-10,21H,11H2,1-2H3,(H3,19,20,22). The van der Waals surface area contributed by atoms with Gasteiger partial charge in [-0.15, -0.1) is 0 Å². The lowest BCUT2D eigenvalue weighted by Crippen LogP contribution is -2.43. The summed E-state index contributed by atoms with van der Waals surface area (Å²) < 4.78 is 13.2. The van der Waals surface area contributed by atoms with Crippen LogP contribution in [-0.2, 0) is 5.41 Å². The minimum Gasteiger partial charge on any atom is -0.369 e. The van der Waals surface area contributed by atoms with E-state index in [4.69, 9.17) is 5.73 Å². The summed E-state index contributed by atoms with van der Waals surface area (Å²) in [5.74, 6) is 0.158. The molecule has 0 saturated carbocycles. The molecule has 0 bridgehead atoms. The second kappa shape index (κ2) is 5.79. The summed E-state index contributed by atoms with van der Waals surface area (Å²) in [6, 6.07) is 6.64. The zero-order valence-corrected chi connectivity index (χ0v) is 13.2. The number of aromatic amines is 1. The van der Waals surface area contributed by atoms with E-state index in [1.807, 2.05) is 35.5 Å². The predicted octanol–water partition coefficient (Wildman–Crippen LogP) is 2.78. The van der Waals surface area contributed by atoms with Crippen LogP contribution in [0.4, 0.5) is 10.3 Å². The Hall–Kier alpha value is -2.76. The summed E-state index contributed by atoms with van der Waals surface area (Å²) in [4.78, 5) is 7.09. The van der Waals surface area contributed by atoms with Crippen molar-refractivity contribution in [3.8, 4) is 0 Å². The van der Waals surface area contributed by atoms with Gasteiger partial charge in [0.15, 0.2) is 5.95 Å². The van der Waals surface area contributed by atoms with Gasteiger partial charge < -0.3 is 16.1 Å². The molecule has 1 aromatic heterocycles. The maximum atomic E-state index is 13.2. The Balaban J connectivity index is 1.84. The number of nitrogens with two attached hydrogens (primary N) is 1. The number of allylic oxidation sites excluding steroid dienone is 2. The van der Waals surface area contributed by atoms with Crippen LogP contribution in [0.25, 0.3) is 5.70 Å². The molecule has 0 saturated heterocycles. The molecule has 4 N–H and O–H groups in total. The molecule has 1 aliphatic rings. The highest BCUT2D eigenvalue weighted by atomic mass is 19.1. The number of H-pyrrole nitrogens is 1. The maximum Gasteiger partial charge on any atom is 0.197 e. The van der Waals surface area contributed by atoms with Gasteiger partial charge in [0.2, 0.25) is 0 Å². The van der Waals surface area contributed by atoms with Crippen LogP contribution in [-0.4, -0.2) is 21.5 Å². The number of nitrogens with one attached hydrogen (secondary N) is 2. The van der Waals surface area contributed by atoms with Crippen LogP contribution in [0.5, 0.6) is 0 Å². The van der Waals surface area contributed by atoms with Crippen molar-refractivity contribution >= 4 is 11.6 Å². The molecule has 0 unspecified atom stereocenters. The predicted molar refractivity (Wildman–Crippen MR) is 89.4 cm³/mol. The molecule has 0 fully saturated rings. The molecule has 1 aliphatic heterocycles. The first-order chi connectivity index (χ1) is 11.0. The quantitative estimate of drug-likeness (QED) is 0.812. The topological polar surface area (TPSA) is 70.0 Å². The highest BCUT2D eigenvalue weighted by Gasteiger charge is 2.26. The average Bonchev–Trinajstić information content (AvgIpc) is 2.94. The fraction of sp³-hybridized carbons (Fsp3) is 0.235. The molecule has 1 aromatic carbocycles. The summed E-state index contributed by atoms with van der Waals surface area (Å²) in [7, 11) is 0. The Kier molecular flexibility index (Phi) is 3.82. The van der Waals surface area contributed by atoms with Gasteiger partial charge in [-0.1, -0.05) is 26.0 Å². The number of hydrogen-bond donors (Lipinski definition) is 3. The van der Waals surface area contributed by atoms with E-state index in [9.17, 15) is 4.39 Å². The number of anilines is 1. The van der Waals surface area contributed by atoms with Crippen molar-refractivity contribution < 1.29 is 4.39 Å². The number of halogens is 1. The van der Waals surface area contributed by atoms with E-state index < -0.39 is 0 Å². The first-order valence-corrected chi connectivity index (χ1v) is 7.43. The lowest BCUT2D eigenvalue weighted by atomic mass is 9.84. The molecule has 0 radical (unpaired) electrons. The Bertz CT molecular complexity index is 743. The van der Waals surface area contributed by atoms with Crippen LogP contribution >= 0.6 is 0 Å². The van der Waals surface area contributed by atoms with Crippen molar-refractivity contribution in [2.45, 2.75) is 19.3 Å². The van der Waals surface area contributed by atoms with Crippen LogP contribution in [0.1, 0.15) is 25.1 Å². The van der Waals surface area contributed by atoms with Crippen molar-refractivity contribution in [3.63, 3.8) is 0 Å². The summed E-state index contributed by atoms with van der Waals surface area (Å²) >= 11 is 0. The van der Waals surface area contributed by atoms with Gasteiger partial charge in [0.05, 0.1) is 17.6 Å². The third-order valence-corrected chi connectivity index (χ3v) is 3.92. The highest BCUT2D eigenvalue weighted by molar-refractivity contribution is 5.64. The Labute approximate surface area is 134 Å². The minimum atomic E-state index is -0.225. The maximum absolute atomic E-state index is 13.2. The van der Waals surface area contributed by atoms with Crippen molar-refractivity contribution in [3.05, 3.63) is 65.9 Å². The Morgan fingerprint density at radius 1 is 1.26 bits per heavy atom. The second-order valence-corrected chi connectivity index (χ2v) is 6.20. The number of imidazole rings is 1. The molecule has 0 spiro atoms. The zero-order chi connectivity index (χ0) is 16.4. The third-order valence-electron chi connectivity index (χ3n) is 3.92. The second-order valence-electron chi connectivity index (χ2n) is 6.20. The number of hydrazine groups is 1. The van der Waals surface area contributed by atoms with Gasteiger partial charge in [-0.05, 0) is 29.8 Å². The number of benzene rings is 1. The summed E-state index contributed by atoms with van der Waals surface area (Å²) in [6.45, 7) is 4.94. The molecule has 0 amide bonds. The van der Waals surface area contributed by atoms with Gasteiger partial charge in [0.1, 0.15) is 5.82 Å². The molecule has 3 rings (SSSR count). The van der Waals surface area contributed by atoms with E-state index in [0.29, 0.717) is 12.5 Å². The lowest BCUT2D eigenvalue weighted by molar-refractivity contribution is 0.266. The average molecular weight is 313 g/mol. The normalized spacial score (nSPS) is 14.6. The first-order valence-electron chi connectivity index (χ1n) is 7.43. The van der Waals surface area contributed by atoms with Crippen molar-refractivity contribution in [2.75, 3.05) is 12.3 Å². The Morgan fingerprint density at radius 3 is 2.65 bits per heavy atom. The van der Waals surface area contributed by atoms with E-state index >= 15 is 0 Å².